The molecule has 2 rings (SSSR count). The molecule has 1 heterocycles. The lowest BCUT2D eigenvalue weighted by Crippen LogP contribution is -2.23. The summed E-state index contributed by atoms with van der Waals surface area (Å²) in [7, 11) is 0. The number of imidazole rings is 1. The second-order valence-electron chi connectivity index (χ2n) is 4.15. The SMILES string of the molecule is Cc1ccccc1C(Sc1ncc[nH]1)C(C)N. The molecule has 0 radical (unpaired) electrons. The van der Waals surface area contributed by atoms with Crippen LogP contribution in [0.4, 0.5) is 0 Å². The largest absolute Gasteiger partial charge is 0.340 e. The van der Waals surface area contributed by atoms with Gasteiger partial charge >= 0.3 is 0 Å². The molecule has 0 fully saturated rings. The van der Waals surface area contributed by atoms with Crippen LogP contribution in [-0.4, -0.2) is 16.0 Å². The topological polar surface area (TPSA) is 54.7 Å². The maximum absolute atomic E-state index is 6.09. The van der Waals surface area contributed by atoms with Gasteiger partial charge in [0.05, 0.1) is 5.25 Å². The number of hydrogen-bond acceptors (Lipinski definition) is 3. The summed E-state index contributed by atoms with van der Waals surface area (Å²) in [6.45, 7) is 4.15. The first-order valence-electron chi connectivity index (χ1n) is 5.65. The number of hydrogen-bond donors (Lipinski definition) is 2. The van der Waals surface area contributed by atoms with E-state index in [9.17, 15) is 0 Å². The molecule has 3 N–H and O–H groups in total. The van der Waals surface area contributed by atoms with E-state index in [-0.39, 0.29) is 11.3 Å². The van der Waals surface area contributed by atoms with E-state index in [2.05, 4.69) is 41.2 Å². The van der Waals surface area contributed by atoms with Crippen LogP contribution in [0.25, 0.3) is 0 Å². The molecule has 1 aromatic carbocycles. The molecule has 17 heavy (non-hydrogen) atoms. The van der Waals surface area contributed by atoms with E-state index in [1.54, 1.807) is 18.0 Å². The third kappa shape index (κ3) is 2.90. The Bertz CT molecular complexity index is 465. The Morgan fingerprint density at radius 1 is 1.35 bits per heavy atom. The molecule has 1 aromatic heterocycles. The first kappa shape index (κ1) is 12.2. The molecule has 2 aromatic rings. The van der Waals surface area contributed by atoms with Crippen molar-refractivity contribution in [2.45, 2.75) is 30.3 Å². The molecule has 0 saturated heterocycles. The molecule has 0 aliphatic rings. The molecule has 0 aliphatic carbocycles. The van der Waals surface area contributed by atoms with Gasteiger partial charge < -0.3 is 10.7 Å². The summed E-state index contributed by atoms with van der Waals surface area (Å²) < 4.78 is 0. The molecule has 0 amide bonds. The molecule has 0 spiro atoms. The van der Waals surface area contributed by atoms with Crippen LogP contribution < -0.4 is 5.73 Å². The number of aryl methyl sites for hydroxylation is 1. The summed E-state index contributed by atoms with van der Waals surface area (Å²) in [6, 6.07) is 8.44. The summed E-state index contributed by atoms with van der Waals surface area (Å²) in [5.41, 5.74) is 8.65. The Morgan fingerprint density at radius 3 is 2.71 bits per heavy atom. The van der Waals surface area contributed by atoms with Gasteiger partial charge in [0.25, 0.3) is 0 Å². The fourth-order valence-corrected chi connectivity index (χ4v) is 2.90. The van der Waals surface area contributed by atoms with Gasteiger partial charge in [0.1, 0.15) is 0 Å². The van der Waals surface area contributed by atoms with Gasteiger partial charge in [0, 0.05) is 18.4 Å². The number of aromatic amines is 1. The average Bonchev–Trinajstić information content (AvgIpc) is 2.79. The van der Waals surface area contributed by atoms with Gasteiger partial charge in [-0.3, -0.25) is 0 Å². The van der Waals surface area contributed by atoms with E-state index < -0.39 is 0 Å². The second kappa shape index (κ2) is 5.38. The quantitative estimate of drug-likeness (QED) is 0.817. The van der Waals surface area contributed by atoms with Crippen molar-refractivity contribution in [1.29, 1.82) is 0 Å². The van der Waals surface area contributed by atoms with Crippen LogP contribution in [0.15, 0.2) is 41.8 Å². The zero-order valence-electron chi connectivity index (χ0n) is 10.1. The molecule has 0 bridgehead atoms. The van der Waals surface area contributed by atoms with E-state index >= 15 is 0 Å². The van der Waals surface area contributed by atoms with E-state index in [4.69, 9.17) is 5.73 Å². The summed E-state index contributed by atoms with van der Waals surface area (Å²) in [5, 5.41) is 1.14. The van der Waals surface area contributed by atoms with Crippen molar-refractivity contribution >= 4 is 11.8 Å². The van der Waals surface area contributed by atoms with E-state index in [1.165, 1.54) is 11.1 Å². The fourth-order valence-electron chi connectivity index (χ4n) is 1.80. The van der Waals surface area contributed by atoms with Gasteiger partial charge in [-0.2, -0.15) is 0 Å². The molecule has 90 valence electrons. The Labute approximate surface area is 106 Å². The molecule has 3 nitrogen and oxygen atoms in total. The second-order valence-corrected chi connectivity index (χ2v) is 5.28. The summed E-state index contributed by atoms with van der Waals surface area (Å²) in [6.07, 6.45) is 3.59. The lowest BCUT2D eigenvalue weighted by Gasteiger charge is -2.21. The molecule has 0 saturated carbocycles. The number of H-pyrrole nitrogens is 1. The van der Waals surface area contributed by atoms with Gasteiger partial charge in [-0.15, -0.1) is 0 Å². The Balaban J connectivity index is 2.27. The first-order valence-corrected chi connectivity index (χ1v) is 6.53. The van der Waals surface area contributed by atoms with Crippen molar-refractivity contribution in [1.82, 2.24) is 9.97 Å². The summed E-state index contributed by atoms with van der Waals surface area (Å²) in [5.74, 6) is 0. The molecule has 4 heteroatoms. The standard InChI is InChI=1S/C13H17N3S/c1-9-5-3-4-6-11(9)12(10(2)14)17-13-15-7-8-16-13/h3-8,10,12H,14H2,1-2H3,(H,15,16). The summed E-state index contributed by atoms with van der Waals surface area (Å²) in [4.78, 5) is 7.35. The highest BCUT2D eigenvalue weighted by Gasteiger charge is 2.20. The van der Waals surface area contributed by atoms with Crippen molar-refractivity contribution < 1.29 is 0 Å². The van der Waals surface area contributed by atoms with Crippen LogP contribution >= 0.6 is 11.8 Å². The smallest absolute Gasteiger partial charge is 0.165 e. The maximum Gasteiger partial charge on any atom is 0.165 e. The predicted octanol–water partition coefficient (Wildman–Crippen LogP) is 2.90. The van der Waals surface area contributed by atoms with Crippen molar-refractivity contribution in [3.8, 4) is 0 Å². The van der Waals surface area contributed by atoms with Gasteiger partial charge in [0.2, 0.25) is 0 Å². The Hall–Kier alpha value is -1.26. The lowest BCUT2D eigenvalue weighted by atomic mass is 10.0. The van der Waals surface area contributed by atoms with Crippen LogP contribution in [-0.2, 0) is 0 Å². The predicted molar refractivity (Wildman–Crippen MR) is 72.0 cm³/mol. The van der Waals surface area contributed by atoms with Gasteiger partial charge in [0.15, 0.2) is 5.16 Å². The molecule has 0 aliphatic heterocycles. The number of nitrogens with one attached hydrogen (secondary N) is 1. The monoisotopic (exact) mass is 247 g/mol. The number of thioether (sulfide) groups is 1. The number of rotatable bonds is 4. The van der Waals surface area contributed by atoms with Crippen molar-refractivity contribution in [3.05, 3.63) is 47.8 Å². The number of nitrogens with zero attached hydrogens (tertiary/aromatic N) is 1. The van der Waals surface area contributed by atoms with Gasteiger partial charge in [-0.05, 0) is 25.0 Å². The minimum Gasteiger partial charge on any atom is -0.340 e. The zero-order chi connectivity index (χ0) is 12.3. The van der Waals surface area contributed by atoms with Gasteiger partial charge in [-0.1, -0.05) is 36.0 Å². The minimum absolute atomic E-state index is 0.0752. The highest BCUT2D eigenvalue weighted by molar-refractivity contribution is 7.99. The minimum atomic E-state index is 0.0752. The normalized spacial score (nSPS) is 14.5. The zero-order valence-corrected chi connectivity index (χ0v) is 10.9. The van der Waals surface area contributed by atoms with Crippen LogP contribution in [0.5, 0.6) is 0 Å². The molecular formula is C13H17N3S. The number of benzene rings is 1. The Kier molecular flexibility index (Phi) is 3.86. The maximum atomic E-state index is 6.09. The molecular weight excluding hydrogens is 230 g/mol. The van der Waals surface area contributed by atoms with Gasteiger partial charge in [-0.25, -0.2) is 4.98 Å². The molecule has 2 atom stereocenters. The van der Waals surface area contributed by atoms with E-state index in [0.29, 0.717) is 0 Å². The average molecular weight is 247 g/mol. The summed E-state index contributed by atoms with van der Waals surface area (Å²) >= 11 is 1.68. The third-order valence-electron chi connectivity index (χ3n) is 2.68. The number of aromatic nitrogens is 2. The lowest BCUT2D eigenvalue weighted by molar-refractivity contribution is 0.715. The van der Waals surface area contributed by atoms with Crippen LogP contribution in [0.1, 0.15) is 23.3 Å². The highest BCUT2D eigenvalue weighted by atomic mass is 32.2. The van der Waals surface area contributed by atoms with Crippen molar-refractivity contribution in [2.24, 2.45) is 5.73 Å². The van der Waals surface area contributed by atoms with E-state index in [1.807, 2.05) is 13.1 Å². The fraction of sp³-hybridized carbons (Fsp3) is 0.308. The third-order valence-corrected chi connectivity index (χ3v) is 4.07. The Morgan fingerprint density at radius 2 is 2.12 bits per heavy atom. The van der Waals surface area contributed by atoms with Crippen molar-refractivity contribution in [2.75, 3.05) is 0 Å². The van der Waals surface area contributed by atoms with Crippen LogP contribution in [0.3, 0.4) is 0 Å². The van der Waals surface area contributed by atoms with Crippen LogP contribution in [0, 0.1) is 6.92 Å². The van der Waals surface area contributed by atoms with Crippen LogP contribution in [0.2, 0.25) is 0 Å². The highest BCUT2D eigenvalue weighted by Crippen LogP contribution is 2.36. The van der Waals surface area contributed by atoms with Crippen molar-refractivity contribution in [3.63, 3.8) is 0 Å². The molecule has 2 unspecified atom stereocenters. The van der Waals surface area contributed by atoms with E-state index in [0.717, 1.165) is 5.16 Å². The first-order chi connectivity index (χ1) is 8.18. The number of nitrogens with two attached hydrogens (primary N) is 1.